The van der Waals surface area contributed by atoms with E-state index in [9.17, 15) is 16.8 Å². The quantitative estimate of drug-likeness (QED) is 0.507. The number of hydrogen-bond donors (Lipinski definition) is 3. The number of halogens is 1. The summed E-state index contributed by atoms with van der Waals surface area (Å²) < 4.78 is 41.8. The smallest absolute Gasteiger partial charge is 0.212 e. The van der Waals surface area contributed by atoms with Crippen molar-refractivity contribution in [3.05, 3.63) is 0 Å². The van der Waals surface area contributed by atoms with Gasteiger partial charge < -0.3 is 15.4 Å². The molecule has 0 aromatic carbocycles. The van der Waals surface area contributed by atoms with Crippen molar-refractivity contribution in [3.8, 4) is 0 Å². The minimum atomic E-state index is -3.38. The molecule has 0 bridgehead atoms. The molecule has 0 spiro atoms. The van der Waals surface area contributed by atoms with Crippen LogP contribution in [0.25, 0.3) is 0 Å². The largest absolute Gasteiger partial charge is 0.329 e. The summed E-state index contributed by atoms with van der Waals surface area (Å²) in [5, 5.41) is 8.45. The molecule has 2 unspecified atom stereocenters. The third-order valence-corrected chi connectivity index (χ3v) is 4.66. The Balaban J connectivity index is -0.000000120. The third kappa shape index (κ3) is 19.7. The standard InChI is InChI=1S/C5H14N2O2S.C3H10N2O2S.CH2O.ClH/c1-5(4-7(2)3)10(6,8)9;1-3(2-4)8(5,6)7;1-2;/h5H,4H2,1-3H3,(H2,6,8,9);3H,2,4H2,1H3,(H2,5,6,7);1H2;1H. The van der Waals surface area contributed by atoms with Gasteiger partial charge in [0.15, 0.2) is 0 Å². The lowest BCUT2D eigenvalue weighted by Gasteiger charge is -2.14. The fraction of sp³-hybridized carbons (Fsp3) is 0.889. The number of hydrogen-bond acceptors (Lipinski definition) is 7. The first kappa shape index (κ1) is 28.8. The van der Waals surface area contributed by atoms with E-state index in [0.717, 1.165) is 0 Å². The highest BCUT2D eigenvalue weighted by molar-refractivity contribution is 7.90. The van der Waals surface area contributed by atoms with Crippen molar-refractivity contribution in [2.24, 2.45) is 16.0 Å². The van der Waals surface area contributed by atoms with Crippen LogP contribution >= 0.6 is 12.4 Å². The van der Waals surface area contributed by atoms with Gasteiger partial charge >= 0.3 is 0 Å². The number of nitrogens with two attached hydrogens (primary N) is 3. The lowest BCUT2D eigenvalue weighted by Crippen LogP contribution is -2.34. The molecule has 132 valence electrons. The topological polar surface area (TPSA) is 167 Å². The van der Waals surface area contributed by atoms with Crippen LogP contribution in [-0.2, 0) is 24.8 Å². The van der Waals surface area contributed by atoms with Crippen LogP contribution in [0, 0.1) is 0 Å². The second-order valence-electron chi connectivity index (χ2n) is 4.30. The Labute approximate surface area is 133 Å². The van der Waals surface area contributed by atoms with Crippen molar-refractivity contribution >= 4 is 39.2 Å². The van der Waals surface area contributed by atoms with Crippen molar-refractivity contribution in [1.82, 2.24) is 4.90 Å². The van der Waals surface area contributed by atoms with Gasteiger partial charge in [-0.05, 0) is 27.9 Å². The minimum Gasteiger partial charge on any atom is -0.329 e. The van der Waals surface area contributed by atoms with Crippen molar-refractivity contribution in [3.63, 3.8) is 0 Å². The lowest BCUT2D eigenvalue weighted by molar-refractivity contribution is -0.0980. The van der Waals surface area contributed by atoms with E-state index >= 15 is 0 Å². The maximum atomic E-state index is 10.6. The van der Waals surface area contributed by atoms with Crippen LogP contribution in [0.3, 0.4) is 0 Å². The number of carbonyl (C=O) groups is 1. The molecule has 0 saturated heterocycles. The van der Waals surface area contributed by atoms with Crippen LogP contribution in [0.5, 0.6) is 0 Å². The van der Waals surface area contributed by atoms with Crippen LogP contribution in [0.2, 0.25) is 0 Å². The molecule has 0 radical (unpaired) electrons. The molecular weight excluding hydrogens is 344 g/mol. The van der Waals surface area contributed by atoms with Gasteiger partial charge in [-0.3, -0.25) is 0 Å². The van der Waals surface area contributed by atoms with Crippen LogP contribution < -0.4 is 16.0 Å². The molecule has 0 saturated carbocycles. The van der Waals surface area contributed by atoms with Crippen molar-refractivity contribution < 1.29 is 21.6 Å². The normalized spacial score (nSPS) is 13.7. The van der Waals surface area contributed by atoms with Gasteiger partial charge in [0.25, 0.3) is 0 Å². The van der Waals surface area contributed by atoms with Crippen molar-refractivity contribution in [2.45, 2.75) is 24.3 Å². The summed E-state index contributed by atoms with van der Waals surface area (Å²) in [6.45, 7) is 5.61. The maximum Gasteiger partial charge on any atom is 0.212 e. The van der Waals surface area contributed by atoms with E-state index in [-0.39, 0.29) is 19.0 Å². The molecule has 0 aromatic heterocycles. The molecule has 12 heteroatoms. The highest BCUT2D eigenvalue weighted by Crippen LogP contribution is 1.94. The summed E-state index contributed by atoms with van der Waals surface area (Å²) in [4.78, 5) is 9.79. The monoisotopic (exact) mass is 370 g/mol. The Bertz CT molecular complexity index is 441. The molecule has 0 amide bonds. The van der Waals surface area contributed by atoms with E-state index in [0.29, 0.717) is 6.54 Å². The van der Waals surface area contributed by atoms with E-state index in [1.54, 1.807) is 11.8 Å². The molecule has 0 fully saturated rings. The SMILES string of the molecule is C=O.CC(CN(C)C)S(N)(=O)=O.CC(CN)S(N)(=O)=O.Cl. The van der Waals surface area contributed by atoms with Crippen LogP contribution in [-0.4, -0.2) is 66.2 Å². The minimum absolute atomic E-state index is 0. The molecule has 0 aliphatic heterocycles. The van der Waals surface area contributed by atoms with Gasteiger partial charge in [-0.15, -0.1) is 12.4 Å². The van der Waals surface area contributed by atoms with Gasteiger partial charge in [-0.2, -0.15) is 0 Å². The molecule has 0 rings (SSSR count). The number of nitrogens with zero attached hydrogens (tertiary/aromatic N) is 1. The average molecular weight is 371 g/mol. The Kier molecular flexibility index (Phi) is 18.3. The number of carbonyl (C=O) groups excluding carboxylic acids is 1. The van der Waals surface area contributed by atoms with E-state index in [1.165, 1.54) is 6.92 Å². The summed E-state index contributed by atoms with van der Waals surface area (Å²) in [7, 11) is -3.10. The average Bonchev–Trinajstić information content (AvgIpc) is 2.28. The van der Waals surface area contributed by atoms with Crippen LogP contribution in [0.1, 0.15) is 13.8 Å². The van der Waals surface area contributed by atoms with Crippen LogP contribution in [0.15, 0.2) is 0 Å². The molecule has 2 atom stereocenters. The zero-order valence-corrected chi connectivity index (χ0v) is 15.2. The number of primary sulfonamides is 2. The lowest BCUT2D eigenvalue weighted by atomic mass is 10.4. The van der Waals surface area contributed by atoms with Crippen molar-refractivity contribution in [2.75, 3.05) is 27.2 Å². The summed E-state index contributed by atoms with van der Waals surface area (Å²) >= 11 is 0. The fourth-order valence-corrected chi connectivity index (χ4v) is 1.53. The maximum absolute atomic E-state index is 10.6. The summed E-state index contributed by atoms with van der Waals surface area (Å²) in [5.41, 5.74) is 5.00. The zero-order valence-electron chi connectivity index (χ0n) is 12.7. The Morgan fingerprint density at radius 1 is 0.952 bits per heavy atom. The molecule has 6 N–H and O–H groups in total. The molecule has 21 heavy (non-hydrogen) atoms. The van der Waals surface area contributed by atoms with Crippen LogP contribution in [0.4, 0.5) is 0 Å². The predicted molar refractivity (Wildman–Crippen MR) is 87.1 cm³/mol. The van der Waals surface area contributed by atoms with Gasteiger partial charge in [-0.25, -0.2) is 27.1 Å². The first-order valence-corrected chi connectivity index (χ1v) is 8.71. The second kappa shape index (κ2) is 13.4. The van der Waals surface area contributed by atoms with Crippen molar-refractivity contribution in [1.29, 1.82) is 0 Å². The van der Waals surface area contributed by atoms with E-state index in [1.807, 2.05) is 20.9 Å². The highest BCUT2D eigenvalue weighted by atomic mass is 35.5. The Morgan fingerprint density at radius 3 is 1.29 bits per heavy atom. The van der Waals surface area contributed by atoms with Gasteiger partial charge in [0.05, 0.1) is 10.5 Å². The first-order valence-electron chi connectivity index (χ1n) is 5.49. The number of rotatable bonds is 5. The highest BCUT2D eigenvalue weighted by Gasteiger charge is 2.15. The van der Waals surface area contributed by atoms with Gasteiger partial charge in [0.1, 0.15) is 6.79 Å². The fourth-order valence-electron chi connectivity index (χ4n) is 0.752. The second-order valence-corrected chi connectivity index (χ2v) is 8.26. The Morgan fingerprint density at radius 2 is 1.24 bits per heavy atom. The molecule has 0 aliphatic carbocycles. The molecule has 9 nitrogen and oxygen atoms in total. The summed E-state index contributed by atoms with van der Waals surface area (Å²) in [6, 6.07) is 0. The molecule has 0 aliphatic rings. The molecule has 0 heterocycles. The Hall–Kier alpha value is -0.300. The van der Waals surface area contributed by atoms with E-state index < -0.39 is 30.5 Å². The summed E-state index contributed by atoms with van der Waals surface area (Å²) in [5.74, 6) is 0. The molecule has 0 aromatic rings. The van der Waals surface area contributed by atoms with Gasteiger partial charge in [-0.1, -0.05) is 0 Å². The van der Waals surface area contributed by atoms with E-state index in [2.05, 4.69) is 5.14 Å². The molecular formula is C9H27ClN4O5S2. The van der Waals surface area contributed by atoms with E-state index in [4.69, 9.17) is 15.7 Å². The van der Waals surface area contributed by atoms with Gasteiger partial charge in [0, 0.05) is 13.1 Å². The summed E-state index contributed by atoms with van der Waals surface area (Å²) in [6.07, 6.45) is 0. The zero-order chi connectivity index (χ0) is 17.1. The van der Waals surface area contributed by atoms with Gasteiger partial charge in [0.2, 0.25) is 20.0 Å². The first-order chi connectivity index (χ1) is 8.82. The third-order valence-electron chi connectivity index (χ3n) is 2.08. The number of sulfonamides is 2. The predicted octanol–water partition coefficient (Wildman–Crippen LogP) is -1.92.